The van der Waals surface area contributed by atoms with Crippen molar-refractivity contribution in [2.45, 2.75) is 49.6 Å². The molecule has 2 heteroatoms. The first kappa shape index (κ1) is 11.7. The van der Waals surface area contributed by atoms with Crippen LogP contribution in [0.5, 0.6) is 0 Å². The van der Waals surface area contributed by atoms with Crippen LogP contribution in [0, 0.1) is 0 Å². The monoisotopic (exact) mass is 324 g/mol. The summed E-state index contributed by atoms with van der Waals surface area (Å²) >= 11 is 1.50. The maximum atomic E-state index is 8.60. The van der Waals surface area contributed by atoms with Gasteiger partial charge in [-0.05, 0) is 0 Å². The van der Waals surface area contributed by atoms with E-state index < -0.39 is 0 Å². The molecular formula is C9H19OTa. The number of hydrogen-bond donors (Lipinski definition) is 1. The van der Waals surface area contributed by atoms with Gasteiger partial charge in [0.2, 0.25) is 0 Å². The fourth-order valence-electron chi connectivity index (χ4n) is 1.10. The Bertz CT molecular complexity index is 76.0. The van der Waals surface area contributed by atoms with Crippen molar-refractivity contribution in [2.75, 3.05) is 6.61 Å². The van der Waals surface area contributed by atoms with Crippen LogP contribution in [0.3, 0.4) is 0 Å². The van der Waals surface area contributed by atoms with Gasteiger partial charge in [0.15, 0.2) is 0 Å². The molecule has 0 bridgehead atoms. The first-order chi connectivity index (χ1) is 5.31. The van der Waals surface area contributed by atoms with E-state index in [0.717, 1.165) is 10.6 Å². The Labute approximate surface area is 82.5 Å². The second-order valence-corrected chi connectivity index (χ2v) is 5.64. The molecule has 1 nitrogen and oxygen atoms in total. The predicted octanol–water partition coefficient (Wildman–Crippen LogP) is 2.67. The topological polar surface area (TPSA) is 20.2 Å². The van der Waals surface area contributed by atoms with E-state index in [1.165, 1.54) is 53.2 Å². The average Bonchev–Trinajstić information content (AvgIpc) is 2.01. The zero-order chi connectivity index (χ0) is 8.53. The standard InChI is InChI=1S/C9H19O.Ta/c1-2-3-4-5-6-7-8-9-10;/h6,10H,2-5,7-9H2,1H3;. The van der Waals surface area contributed by atoms with Gasteiger partial charge in [0.05, 0.1) is 0 Å². The van der Waals surface area contributed by atoms with Gasteiger partial charge in [0.1, 0.15) is 0 Å². The third-order valence-corrected chi connectivity index (χ3v) is 3.69. The Morgan fingerprint density at radius 2 is 1.82 bits per heavy atom. The molecule has 0 spiro atoms. The zero-order valence-electron chi connectivity index (χ0n) is 7.42. The van der Waals surface area contributed by atoms with E-state index in [0.29, 0.717) is 6.61 Å². The van der Waals surface area contributed by atoms with E-state index >= 15 is 0 Å². The second-order valence-electron chi connectivity index (χ2n) is 3.02. The van der Waals surface area contributed by atoms with Crippen LogP contribution in [-0.4, -0.2) is 11.7 Å². The van der Waals surface area contributed by atoms with Crippen molar-refractivity contribution in [1.29, 1.82) is 0 Å². The molecule has 0 aliphatic carbocycles. The van der Waals surface area contributed by atoms with Gasteiger partial charge in [-0.2, -0.15) is 0 Å². The molecule has 0 aromatic heterocycles. The second kappa shape index (κ2) is 8.79. The molecule has 11 heavy (non-hydrogen) atoms. The molecule has 0 aromatic carbocycles. The fraction of sp³-hybridized carbons (Fsp3) is 1.00. The summed E-state index contributed by atoms with van der Waals surface area (Å²) in [6.07, 6.45) is 7.74. The number of rotatable bonds is 7. The van der Waals surface area contributed by atoms with Crippen LogP contribution in [0.15, 0.2) is 0 Å². The summed E-state index contributed by atoms with van der Waals surface area (Å²) in [4.78, 5) is 0. The third-order valence-electron chi connectivity index (χ3n) is 1.84. The summed E-state index contributed by atoms with van der Waals surface area (Å²) in [5, 5.41) is 8.60. The Morgan fingerprint density at radius 1 is 1.18 bits per heavy atom. The van der Waals surface area contributed by atoms with Crippen molar-refractivity contribution in [3.05, 3.63) is 0 Å². The molecule has 0 aliphatic rings. The molecule has 0 amide bonds. The van der Waals surface area contributed by atoms with Crippen molar-refractivity contribution in [1.82, 2.24) is 0 Å². The third kappa shape index (κ3) is 8.61. The van der Waals surface area contributed by atoms with E-state index in [2.05, 4.69) is 6.92 Å². The Morgan fingerprint density at radius 3 is 2.36 bits per heavy atom. The number of aliphatic hydroxyl groups is 1. The molecule has 1 unspecified atom stereocenters. The molecule has 1 atom stereocenters. The van der Waals surface area contributed by atoms with Crippen LogP contribution in [0.4, 0.5) is 0 Å². The van der Waals surface area contributed by atoms with Crippen molar-refractivity contribution < 1.29 is 26.2 Å². The van der Waals surface area contributed by atoms with Crippen molar-refractivity contribution in [3.63, 3.8) is 0 Å². The van der Waals surface area contributed by atoms with Crippen LogP contribution in [0.2, 0.25) is 4.14 Å². The van der Waals surface area contributed by atoms with Crippen molar-refractivity contribution >= 4 is 0 Å². The van der Waals surface area contributed by atoms with E-state index in [9.17, 15) is 0 Å². The Kier molecular flexibility index (Phi) is 9.35. The SMILES string of the molecule is CCCCC[CH]([Ta])CCCO. The first-order valence-corrected chi connectivity index (χ1v) is 6.45. The van der Waals surface area contributed by atoms with E-state index in [1.54, 1.807) is 0 Å². The summed E-state index contributed by atoms with van der Waals surface area (Å²) in [6.45, 7) is 2.62. The summed E-state index contributed by atoms with van der Waals surface area (Å²) in [6, 6.07) is 0. The predicted molar refractivity (Wildman–Crippen MR) is 44.2 cm³/mol. The van der Waals surface area contributed by atoms with Crippen LogP contribution < -0.4 is 0 Å². The fourth-order valence-corrected chi connectivity index (χ4v) is 2.41. The minimum absolute atomic E-state index is 0.377. The number of aliphatic hydroxyl groups excluding tert-OH is 1. The van der Waals surface area contributed by atoms with Gasteiger partial charge in [-0.1, -0.05) is 0 Å². The quantitative estimate of drug-likeness (QED) is 0.714. The van der Waals surface area contributed by atoms with Crippen molar-refractivity contribution in [2.24, 2.45) is 0 Å². The van der Waals surface area contributed by atoms with Crippen LogP contribution in [-0.2, 0) is 21.1 Å². The van der Waals surface area contributed by atoms with Gasteiger partial charge in [0.25, 0.3) is 0 Å². The molecule has 0 heterocycles. The molecule has 1 N–H and O–H groups in total. The van der Waals surface area contributed by atoms with Crippen LogP contribution >= 0.6 is 0 Å². The average molecular weight is 324 g/mol. The molecule has 0 aromatic rings. The van der Waals surface area contributed by atoms with Gasteiger partial charge in [-0.25, -0.2) is 0 Å². The summed E-state index contributed by atoms with van der Waals surface area (Å²) in [5.74, 6) is 0. The molecule has 0 radical (unpaired) electrons. The van der Waals surface area contributed by atoms with Gasteiger partial charge in [0, 0.05) is 0 Å². The number of unbranched alkanes of at least 4 members (excludes halogenated alkanes) is 2. The Balaban J connectivity index is 3.02. The molecule has 0 rings (SSSR count). The van der Waals surface area contributed by atoms with Gasteiger partial charge in [-0.3, -0.25) is 0 Å². The van der Waals surface area contributed by atoms with Crippen LogP contribution in [0.25, 0.3) is 0 Å². The van der Waals surface area contributed by atoms with Gasteiger partial charge < -0.3 is 0 Å². The van der Waals surface area contributed by atoms with Crippen molar-refractivity contribution in [3.8, 4) is 0 Å². The summed E-state index contributed by atoms with van der Waals surface area (Å²) in [5.41, 5.74) is 0. The Hall–Kier alpha value is 0.700. The number of hydrogen-bond acceptors (Lipinski definition) is 1. The first-order valence-electron chi connectivity index (χ1n) is 4.60. The van der Waals surface area contributed by atoms with E-state index in [-0.39, 0.29) is 0 Å². The molecule has 0 saturated heterocycles. The normalized spacial score (nSPS) is 13.3. The minimum atomic E-state index is 0.377. The molecule has 0 aliphatic heterocycles. The maximum absolute atomic E-state index is 8.60. The van der Waals surface area contributed by atoms with E-state index in [1.807, 2.05) is 0 Å². The van der Waals surface area contributed by atoms with Gasteiger partial charge in [-0.15, -0.1) is 0 Å². The summed E-state index contributed by atoms with van der Waals surface area (Å²) in [7, 11) is 0. The van der Waals surface area contributed by atoms with Crippen LogP contribution in [0.1, 0.15) is 45.4 Å². The van der Waals surface area contributed by atoms with Gasteiger partial charge >= 0.3 is 82.4 Å². The molecule has 0 saturated carbocycles. The zero-order valence-corrected chi connectivity index (χ0v) is 10.6. The van der Waals surface area contributed by atoms with E-state index in [4.69, 9.17) is 5.11 Å². The molecule has 66 valence electrons. The summed E-state index contributed by atoms with van der Waals surface area (Å²) < 4.78 is 0.925. The molecule has 0 fully saturated rings. The molecular weight excluding hydrogens is 305 g/mol.